The highest BCUT2D eigenvalue weighted by Crippen LogP contribution is 2.09. The van der Waals surface area contributed by atoms with Gasteiger partial charge in [0.05, 0.1) is 5.69 Å². The van der Waals surface area contributed by atoms with E-state index in [1.54, 1.807) is 0 Å². The Morgan fingerprint density at radius 2 is 2.25 bits per heavy atom. The van der Waals surface area contributed by atoms with Gasteiger partial charge in [-0.3, -0.25) is 4.68 Å². The van der Waals surface area contributed by atoms with Crippen LogP contribution in [0.15, 0.2) is 12.3 Å². The third-order valence-corrected chi connectivity index (χ3v) is 3.82. The fourth-order valence-electron chi connectivity index (χ4n) is 1.39. The fourth-order valence-corrected chi connectivity index (χ4v) is 1.68. The van der Waals surface area contributed by atoms with Gasteiger partial charge in [-0.05, 0) is 25.7 Å². The second-order valence-corrected chi connectivity index (χ2v) is 5.50. The third kappa shape index (κ3) is 4.18. The molecule has 2 unspecified atom stereocenters. The van der Waals surface area contributed by atoms with Crippen LogP contribution in [0, 0.1) is 0 Å². The second-order valence-electron chi connectivity index (χ2n) is 4.22. The smallest absolute Gasteiger partial charge is 0.0762 e. The van der Waals surface area contributed by atoms with Gasteiger partial charge in [0.25, 0.3) is 0 Å². The monoisotopic (exact) mass is 241 g/mol. The van der Waals surface area contributed by atoms with E-state index in [4.69, 9.17) is 0 Å². The highest BCUT2D eigenvalue weighted by atomic mass is 32.2. The van der Waals surface area contributed by atoms with Crippen molar-refractivity contribution in [2.24, 2.45) is 0 Å². The highest BCUT2D eigenvalue weighted by molar-refractivity contribution is 7.99. The molecule has 3 nitrogen and oxygen atoms in total. The molecule has 0 amide bonds. The molecule has 0 saturated heterocycles. The Balaban J connectivity index is 2.35. The molecule has 2 atom stereocenters. The topological polar surface area (TPSA) is 29.9 Å². The van der Waals surface area contributed by atoms with Crippen LogP contribution in [0.5, 0.6) is 0 Å². The summed E-state index contributed by atoms with van der Waals surface area (Å²) in [4.78, 5) is 0. The van der Waals surface area contributed by atoms with E-state index in [0.29, 0.717) is 11.3 Å². The van der Waals surface area contributed by atoms with E-state index in [9.17, 15) is 0 Å². The molecule has 0 aromatic carbocycles. The first-order valence-electron chi connectivity index (χ1n) is 5.94. The number of nitrogens with zero attached hydrogens (tertiary/aromatic N) is 2. The van der Waals surface area contributed by atoms with E-state index in [1.165, 1.54) is 0 Å². The molecule has 0 aliphatic carbocycles. The Kier molecular flexibility index (Phi) is 5.91. The molecule has 1 N–H and O–H groups in total. The summed E-state index contributed by atoms with van der Waals surface area (Å²) >= 11 is 1.89. The number of hydrogen-bond donors (Lipinski definition) is 1. The fraction of sp³-hybridized carbons (Fsp3) is 0.750. The number of hydrogen-bond acceptors (Lipinski definition) is 3. The number of aromatic nitrogens is 2. The number of thioether (sulfide) groups is 1. The van der Waals surface area contributed by atoms with Crippen LogP contribution in [0.25, 0.3) is 0 Å². The summed E-state index contributed by atoms with van der Waals surface area (Å²) in [7, 11) is 0. The second kappa shape index (κ2) is 6.97. The van der Waals surface area contributed by atoms with Gasteiger partial charge >= 0.3 is 0 Å². The molecule has 0 bridgehead atoms. The molecule has 0 radical (unpaired) electrons. The van der Waals surface area contributed by atoms with Gasteiger partial charge in [0.15, 0.2) is 0 Å². The Hall–Kier alpha value is -0.480. The molecule has 1 aromatic rings. The minimum atomic E-state index is 0.499. The van der Waals surface area contributed by atoms with Gasteiger partial charge in [-0.15, -0.1) is 0 Å². The van der Waals surface area contributed by atoms with Crippen LogP contribution < -0.4 is 5.32 Å². The quantitative estimate of drug-likeness (QED) is 0.796. The predicted molar refractivity (Wildman–Crippen MR) is 71.9 cm³/mol. The summed E-state index contributed by atoms with van der Waals surface area (Å²) in [5.74, 6) is 0. The van der Waals surface area contributed by atoms with Crippen LogP contribution in [0.2, 0.25) is 0 Å². The van der Waals surface area contributed by atoms with Crippen LogP contribution >= 0.6 is 11.8 Å². The SMILES string of the molecule is CCC(C)n1ccc(CNCC(C)SC)n1. The van der Waals surface area contributed by atoms with Gasteiger partial charge in [-0.25, -0.2) is 0 Å². The molecule has 92 valence electrons. The summed E-state index contributed by atoms with van der Waals surface area (Å²) in [5, 5.41) is 8.64. The average Bonchev–Trinajstić information content (AvgIpc) is 2.76. The van der Waals surface area contributed by atoms with Crippen molar-refractivity contribution >= 4 is 11.8 Å². The van der Waals surface area contributed by atoms with Crippen LogP contribution in [0.1, 0.15) is 38.9 Å². The third-order valence-electron chi connectivity index (χ3n) is 2.85. The van der Waals surface area contributed by atoms with E-state index in [0.717, 1.165) is 25.2 Å². The van der Waals surface area contributed by atoms with Crippen LogP contribution in [-0.2, 0) is 6.54 Å². The van der Waals surface area contributed by atoms with Crippen molar-refractivity contribution in [3.8, 4) is 0 Å². The van der Waals surface area contributed by atoms with Crippen molar-refractivity contribution in [2.75, 3.05) is 12.8 Å². The lowest BCUT2D eigenvalue weighted by molar-refractivity contribution is 0.471. The Morgan fingerprint density at radius 3 is 2.88 bits per heavy atom. The Morgan fingerprint density at radius 1 is 1.50 bits per heavy atom. The molecule has 4 heteroatoms. The van der Waals surface area contributed by atoms with Gasteiger partial charge in [-0.2, -0.15) is 16.9 Å². The molecular formula is C12H23N3S. The van der Waals surface area contributed by atoms with Crippen molar-refractivity contribution in [3.63, 3.8) is 0 Å². The number of rotatable bonds is 7. The maximum Gasteiger partial charge on any atom is 0.0762 e. The zero-order valence-electron chi connectivity index (χ0n) is 10.7. The van der Waals surface area contributed by atoms with Crippen molar-refractivity contribution in [1.82, 2.24) is 15.1 Å². The van der Waals surface area contributed by atoms with Gasteiger partial charge in [0, 0.05) is 30.6 Å². The lowest BCUT2D eigenvalue weighted by atomic mass is 10.3. The predicted octanol–water partition coefficient (Wildman–Crippen LogP) is 2.70. The molecule has 0 aliphatic heterocycles. The Bertz CT molecular complexity index is 298. The van der Waals surface area contributed by atoms with Crippen LogP contribution in [0.4, 0.5) is 0 Å². The zero-order chi connectivity index (χ0) is 12.0. The first kappa shape index (κ1) is 13.6. The van der Waals surface area contributed by atoms with E-state index in [2.05, 4.69) is 54.4 Å². The van der Waals surface area contributed by atoms with E-state index in [-0.39, 0.29) is 0 Å². The first-order valence-corrected chi connectivity index (χ1v) is 7.23. The Labute approximate surface area is 103 Å². The number of nitrogens with one attached hydrogen (secondary N) is 1. The molecule has 0 saturated carbocycles. The summed E-state index contributed by atoms with van der Waals surface area (Å²) < 4.78 is 2.05. The standard InChI is InChI=1S/C12H23N3S/c1-5-10(2)15-7-6-12(14-15)9-13-8-11(3)16-4/h6-7,10-11,13H,5,8-9H2,1-4H3. The zero-order valence-corrected chi connectivity index (χ0v) is 11.5. The van der Waals surface area contributed by atoms with Gasteiger partial charge < -0.3 is 5.32 Å². The summed E-state index contributed by atoms with van der Waals surface area (Å²) in [6, 6.07) is 2.60. The maximum absolute atomic E-state index is 4.55. The molecule has 16 heavy (non-hydrogen) atoms. The molecule has 1 heterocycles. The van der Waals surface area contributed by atoms with Gasteiger partial charge in [0.1, 0.15) is 0 Å². The van der Waals surface area contributed by atoms with Crippen molar-refractivity contribution in [1.29, 1.82) is 0 Å². The van der Waals surface area contributed by atoms with Crippen molar-refractivity contribution in [2.45, 2.75) is 45.0 Å². The maximum atomic E-state index is 4.55. The van der Waals surface area contributed by atoms with Gasteiger partial charge in [0.2, 0.25) is 0 Å². The largest absolute Gasteiger partial charge is 0.310 e. The van der Waals surface area contributed by atoms with E-state index in [1.807, 2.05) is 11.8 Å². The molecule has 0 aliphatic rings. The molecule has 1 rings (SSSR count). The lowest BCUT2D eigenvalue weighted by Gasteiger charge is -2.09. The van der Waals surface area contributed by atoms with Crippen LogP contribution in [-0.4, -0.2) is 27.8 Å². The summed E-state index contributed by atoms with van der Waals surface area (Å²) in [6.45, 7) is 8.52. The van der Waals surface area contributed by atoms with Crippen molar-refractivity contribution < 1.29 is 0 Å². The van der Waals surface area contributed by atoms with Gasteiger partial charge in [-0.1, -0.05) is 13.8 Å². The van der Waals surface area contributed by atoms with E-state index < -0.39 is 0 Å². The minimum Gasteiger partial charge on any atom is -0.310 e. The summed E-state index contributed by atoms with van der Waals surface area (Å²) in [6.07, 6.45) is 5.34. The lowest BCUT2D eigenvalue weighted by Crippen LogP contribution is -2.22. The average molecular weight is 241 g/mol. The minimum absolute atomic E-state index is 0.499. The summed E-state index contributed by atoms with van der Waals surface area (Å²) in [5.41, 5.74) is 1.13. The molecule has 0 fully saturated rings. The van der Waals surface area contributed by atoms with E-state index >= 15 is 0 Å². The molecule has 0 spiro atoms. The molecule has 1 aromatic heterocycles. The highest BCUT2D eigenvalue weighted by Gasteiger charge is 2.04. The normalized spacial score (nSPS) is 15.0. The first-order chi connectivity index (χ1) is 7.67. The molecular weight excluding hydrogens is 218 g/mol. The van der Waals surface area contributed by atoms with Crippen molar-refractivity contribution in [3.05, 3.63) is 18.0 Å². The van der Waals surface area contributed by atoms with Crippen LogP contribution in [0.3, 0.4) is 0 Å².